The van der Waals surface area contributed by atoms with Gasteiger partial charge in [0.2, 0.25) is 0 Å². The van der Waals surface area contributed by atoms with Crippen molar-refractivity contribution in [3.8, 4) is 17.1 Å². The van der Waals surface area contributed by atoms with Crippen LogP contribution in [0.15, 0.2) is 34.9 Å². The fourth-order valence-corrected chi connectivity index (χ4v) is 1.61. The average Bonchev–Trinajstić information content (AvgIpc) is 2.32. The summed E-state index contributed by atoms with van der Waals surface area (Å²) in [5.41, 5.74) is 0.531. The van der Waals surface area contributed by atoms with Crippen molar-refractivity contribution in [2.45, 2.75) is 6.36 Å². The van der Waals surface area contributed by atoms with Crippen LogP contribution in [0.2, 0.25) is 5.15 Å². The third kappa shape index (κ3) is 3.81. The molecule has 0 aliphatic heterocycles. The third-order valence-corrected chi connectivity index (χ3v) is 3.14. The smallest absolute Gasteiger partial charge is 0.406 e. The molecule has 2 aromatic rings. The Morgan fingerprint density at radius 3 is 2.32 bits per heavy atom. The fourth-order valence-electron chi connectivity index (χ4n) is 1.29. The van der Waals surface area contributed by atoms with Crippen LogP contribution in [0.1, 0.15) is 0 Å². The van der Waals surface area contributed by atoms with Crippen molar-refractivity contribution < 1.29 is 17.9 Å². The van der Waals surface area contributed by atoms with Crippen molar-refractivity contribution in [2.24, 2.45) is 0 Å². The summed E-state index contributed by atoms with van der Waals surface area (Å²) in [6.07, 6.45) is -3.25. The molecule has 0 amide bonds. The van der Waals surface area contributed by atoms with E-state index in [1.807, 2.05) is 0 Å². The Morgan fingerprint density at radius 2 is 1.79 bits per heavy atom. The first-order valence-electron chi connectivity index (χ1n) is 4.89. The van der Waals surface area contributed by atoms with Gasteiger partial charge in [-0.25, -0.2) is 9.97 Å². The van der Waals surface area contributed by atoms with Crippen molar-refractivity contribution in [3.05, 3.63) is 40.1 Å². The molecule has 100 valence electrons. The van der Waals surface area contributed by atoms with Crippen LogP contribution in [0.25, 0.3) is 11.4 Å². The SMILES string of the molecule is FC(F)(F)Oc1ccc(-c2ncc(Br)c(Cl)n2)cc1. The first-order valence-corrected chi connectivity index (χ1v) is 6.06. The topological polar surface area (TPSA) is 35.0 Å². The molecule has 0 fully saturated rings. The lowest BCUT2D eigenvalue weighted by Gasteiger charge is -2.09. The first-order chi connectivity index (χ1) is 8.85. The number of hydrogen-bond acceptors (Lipinski definition) is 3. The number of halogens is 5. The molecule has 0 aliphatic carbocycles. The van der Waals surface area contributed by atoms with Gasteiger partial charge in [0.15, 0.2) is 5.82 Å². The Balaban J connectivity index is 2.25. The normalized spacial score (nSPS) is 11.4. The predicted molar refractivity (Wildman–Crippen MR) is 66.9 cm³/mol. The molecule has 19 heavy (non-hydrogen) atoms. The highest BCUT2D eigenvalue weighted by molar-refractivity contribution is 9.10. The van der Waals surface area contributed by atoms with Gasteiger partial charge in [0.1, 0.15) is 10.9 Å². The summed E-state index contributed by atoms with van der Waals surface area (Å²) in [5, 5.41) is 0.223. The maximum Gasteiger partial charge on any atom is 0.573 e. The fraction of sp³-hybridized carbons (Fsp3) is 0.0909. The van der Waals surface area contributed by atoms with Crippen molar-refractivity contribution >= 4 is 27.5 Å². The molecule has 3 nitrogen and oxygen atoms in total. The second-order valence-electron chi connectivity index (χ2n) is 3.40. The molecule has 0 radical (unpaired) electrons. The average molecular weight is 354 g/mol. The van der Waals surface area contributed by atoms with Crippen LogP contribution in [0, 0.1) is 0 Å². The largest absolute Gasteiger partial charge is 0.573 e. The molecule has 0 atom stereocenters. The van der Waals surface area contributed by atoms with E-state index in [9.17, 15) is 13.2 Å². The standard InChI is InChI=1S/C11H5BrClF3N2O/c12-8-5-17-10(18-9(8)13)6-1-3-7(4-2-6)19-11(14,15)16/h1-5H. The van der Waals surface area contributed by atoms with Crippen molar-refractivity contribution in [1.29, 1.82) is 0 Å². The highest BCUT2D eigenvalue weighted by Gasteiger charge is 2.30. The van der Waals surface area contributed by atoms with Gasteiger partial charge >= 0.3 is 6.36 Å². The predicted octanol–water partition coefficient (Wildman–Crippen LogP) is 4.46. The van der Waals surface area contributed by atoms with Crippen LogP contribution in [-0.4, -0.2) is 16.3 Å². The summed E-state index contributed by atoms with van der Waals surface area (Å²) in [6, 6.07) is 5.20. The van der Waals surface area contributed by atoms with Crippen molar-refractivity contribution in [1.82, 2.24) is 9.97 Å². The molecule has 0 saturated carbocycles. The van der Waals surface area contributed by atoms with Crippen LogP contribution in [-0.2, 0) is 0 Å². The molecule has 0 bridgehead atoms. The molecular weight excluding hydrogens is 348 g/mol. The van der Waals surface area contributed by atoms with Crippen LogP contribution in [0.3, 0.4) is 0 Å². The van der Waals surface area contributed by atoms with Gasteiger partial charge in [0.25, 0.3) is 0 Å². The summed E-state index contributed by atoms with van der Waals surface area (Å²) < 4.78 is 40.3. The van der Waals surface area contributed by atoms with Crippen LogP contribution < -0.4 is 4.74 Å². The summed E-state index contributed by atoms with van der Waals surface area (Å²) in [7, 11) is 0. The minimum atomic E-state index is -4.71. The van der Waals surface area contributed by atoms with Crippen LogP contribution >= 0.6 is 27.5 Å². The van der Waals surface area contributed by atoms with E-state index in [1.54, 1.807) is 0 Å². The highest BCUT2D eigenvalue weighted by atomic mass is 79.9. The van der Waals surface area contributed by atoms with E-state index >= 15 is 0 Å². The van der Waals surface area contributed by atoms with E-state index in [0.29, 0.717) is 15.9 Å². The maximum absolute atomic E-state index is 12.0. The van der Waals surface area contributed by atoms with Gasteiger partial charge < -0.3 is 4.74 Å². The third-order valence-electron chi connectivity index (χ3n) is 2.05. The molecule has 2 rings (SSSR count). The Bertz CT molecular complexity index is 589. The molecule has 0 aliphatic rings. The zero-order valence-corrected chi connectivity index (χ0v) is 11.4. The zero-order valence-electron chi connectivity index (χ0n) is 9.08. The monoisotopic (exact) mass is 352 g/mol. The Morgan fingerprint density at radius 1 is 1.16 bits per heavy atom. The Labute approximate surface area is 119 Å². The van der Waals surface area contributed by atoms with E-state index in [0.717, 1.165) is 0 Å². The van der Waals surface area contributed by atoms with E-state index in [4.69, 9.17) is 11.6 Å². The summed E-state index contributed by atoms with van der Waals surface area (Å²) in [6.45, 7) is 0. The number of ether oxygens (including phenoxy) is 1. The van der Waals surface area contributed by atoms with Crippen LogP contribution in [0.5, 0.6) is 5.75 Å². The van der Waals surface area contributed by atoms with E-state index in [2.05, 4.69) is 30.6 Å². The molecule has 1 aromatic carbocycles. The number of alkyl halides is 3. The van der Waals surface area contributed by atoms with Gasteiger partial charge in [0.05, 0.1) is 4.47 Å². The molecule has 0 N–H and O–H groups in total. The van der Waals surface area contributed by atoms with E-state index in [-0.39, 0.29) is 10.9 Å². The Kier molecular flexibility index (Phi) is 3.96. The summed E-state index contributed by atoms with van der Waals surface area (Å²) in [5.74, 6) is 0.00576. The number of rotatable bonds is 2. The lowest BCUT2D eigenvalue weighted by Crippen LogP contribution is -2.16. The molecule has 8 heteroatoms. The second-order valence-corrected chi connectivity index (χ2v) is 4.62. The number of aromatic nitrogens is 2. The molecule has 0 spiro atoms. The molecular formula is C11H5BrClF3N2O. The maximum atomic E-state index is 12.0. The molecule has 0 saturated heterocycles. The van der Waals surface area contributed by atoms with Gasteiger partial charge in [0, 0.05) is 11.8 Å². The molecule has 0 unspecified atom stereocenters. The molecule has 1 heterocycles. The first kappa shape index (κ1) is 14.1. The Hall–Kier alpha value is -1.34. The number of benzene rings is 1. The van der Waals surface area contributed by atoms with Crippen molar-refractivity contribution in [2.75, 3.05) is 0 Å². The van der Waals surface area contributed by atoms with Crippen LogP contribution in [0.4, 0.5) is 13.2 Å². The number of hydrogen-bond donors (Lipinski definition) is 0. The zero-order chi connectivity index (χ0) is 14.0. The quantitative estimate of drug-likeness (QED) is 0.748. The van der Waals surface area contributed by atoms with Gasteiger partial charge in [-0.2, -0.15) is 0 Å². The lowest BCUT2D eigenvalue weighted by atomic mass is 10.2. The number of nitrogens with zero attached hydrogens (tertiary/aromatic N) is 2. The highest BCUT2D eigenvalue weighted by Crippen LogP contribution is 2.26. The van der Waals surface area contributed by atoms with Gasteiger partial charge in [-0.1, -0.05) is 11.6 Å². The minimum absolute atomic E-state index is 0.223. The van der Waals surface area contributed by atoms with Crippen molar-refractivity contribution in [3.63, 3.8) is 0 Å². The molecule has 1 aromatic heterocycles. The van der Waals surface area contributed by atoms with E-state index in [1.165, 1.54) is 30.5 Å². The lowest BCUT2D eigenvalue weighted by molar-refractivity contribution is -0.274. The van der Waals surface area contributed by atoms with Gasteiger partial charge in [-0.15, -0.1) is 13.2 Å². The minimum Gasteiger partial charge on any atom is -0.406 e. The van der Waals surface area contributed by atoms with E-state index < -0.39 is 6.36 Å². The summed E-state index contributed by atoms with van der Waals surface area (Å²) in [4.78, 5) is 8.00. The van der Waals surface area contributed by atoms with Gasteiger partial charge in [-0.05, 0) is 40.2 Å². The summed E-state index contributed by atoms with van der Waals surface area (Å²) >= 11 is 8.96. The second kappa shape index (κ2) is 5.34. The van der Waals surface area contributed by atoms with Gasteiger partial charge in [-0.3, -0.25) is 0 Å².